The van der Waals surface area contributed by atoms with Crippen molar-refractivity contribution in [3.05, 3.63) is 0 Å². The molecule has 18 heavy (non-hydrogen) atoms. The van der Waals surface area contributed by atoms with Crippen molar-refractivity contribution in [1.29, 1.82) is 0 Å². The summed E-state index contributed by atoms with van der Waals surface area (Å²) in [5, 5.41) is 0.269. The van der Waals surface area contributed by atoms with Crippen LogP contribution in [0.15, 0.2) is 0 Å². The summed E-state index contributed by atoms with van der Waals surface area (Å²) >= 11 is 1.80. The third kappa shape index (κ3) is 3.00. The second-order valence-electron chi connectivity index (χ2n) is 4.94. The van der Waals surface area contributed by atoms with E-state index in [1.807, 2.05) is 4.90 Å². The molecule has 0 aliphatic carbocycles. The standard InChI is InChI=1S/C11H20N2O3S2/c1-9-13(7-8-17-9)11(14)10-3-5-12(6-4-10)18(2,15)16/h9-10H,3-8H2,1-2H3. The number of nitrogens with zero attached hydrogens (tertiary/aromatic N) is 2. The Morgan fingerprint density at radius 2 is 1.83 bits per heavy atom. The molecule has 0 saturated carbocycles. The number of sulfonamides is 1. The molecule has 2 rings (SSSR count). The number of carbonyl (C=O) groups is 1. The molecule has 2 aliphatic heterocycles. The third-order valence-electron chi connectivity index (χ3n) is 3.69. The first-order valence-electron chi connectivity index (χ1n) is 6.27. The van der Waals surface area contributed by atoms with Gasteiger partial charge in [0.2, 0.25) is 15.9 Å². The number of rotatable bonds is 2. The number of thioether (sulfide) groups is 1. The normalized spacial score (nSPS) is 27.7. The van der Waals surface area contributed by atoms with E-state index in [4.69, 9.17) is 0 Å². The van der Waals surface area contributed by atoms with Crippen molar-refractivity contribution in [1.82, 2.24) is 9.21 Å². The van der Waals surface area contributed by atoms with Gasteiger partial charge < -0.3 is 4.90 Å². The molecule has 5 nitrogen and oxygen atoms in total. The Hall–Kier alpha value is -0.270. The van der Waals surface area contributed by atoms with Gasteiger partial charge in [0.25, 0.3) is 0 Å². The van der Waals surface area contributed by atoms with Crippen LogP contribution < -0.4 is 0 Å². The molecular weight excluding hydrogens is 272 g/mol. The second kappa shape index (κ2) is 5.38. The first kappa shape index (κ1) is 14.1. The summed E-state index contributed by atoms with van der Waals surface area (Å²) in [4.78, 5) is 14.2. The average molecular weight is 292 g/mol. The third-order valence-corrected chi connectivity index (χ3v) is 6.14. The number of carbonyl (C=O) groups excluding carboxylic acids is 1. The number of piperidine rings is 1. The van der Waals surface area contributed by atoms with Crippen molar-refractivity contribution < 1.29 is 13.2 Å². The Kier molecular flexibility index (Phi) is 4.23. The second-order valence-corrected chi connectivity index (χ2v) is 8.34. The molecule has 2 heterocycles. The Balaban J connectivity index is 1.92. The number of hydrogen-bond donors (Lipinski definition) is 0. The number of amides is 1. The van der Waals surface area contributed by atoms with Crippen LogP contribution in [0.2, 0.25) is 0 Å². The van der Waals surface area contributed by atoms with E-state index in [1.165, 1.54) is 10.6 Å². The van der Waals surface area contributed by atoms with Crippen molar-refractivity contribution in [3.8, 4) is 0 Å². The quantitative estimate of drug-likeness (QED) is 0.747. The van der Waals surface area contributed by atoms with Crippen molar-refractivity contribution in [2.45, 2.75) is 25.1 Å². The van der Waals surface area contributed by atoms with Crippen LogP contribution in [0.4, 0.5) is 0 Å². The van der Waals surface area contributed by atoms with Gasteiger partial charge in [0.05, 0.1) is 11.6 Å². The minimum absolute atomic E-state index is 0.00384. The van der Waals surface area contributed by atoms with Gasteiger partial charge in [-0.25, -0.2) is 12.7 Å². The average Bonchev–Trinajstić information content (AvgIpc) is 2.73. The Bertz CT molecular complexity index is 416. The molecule has 0 bridgehead atoms. The van der Waals surface area contributed by atoms with Gasteiger partial charge in [0.1, 0.15) is 0 Å². The molecule has 0 spiro atoms. The van der Waals surface area contributed by atoms with Crippen molar-refractivity contribution in [2.75, 3.05) is 31.6 Å². The van der Waals surface area contributed by atoms with E-state index < -0.39 is 10.0 Å². The van der Waals surface area contributed by atoms with Gasteiger partial charge in [-0.15, -0.1) is 11.8 Å². The lowest BCUT2D eigenvalue weighted by atomic mass is 9.96. The van der Waals surface area contributed by atoms with Crippen LogP contribution in [0.3, 0.4) is 0 Å². The zero-order chi connectivity index (χ0) is 13.3. The lowest BCUT2D eigenvalue weighted by Gasteiger charge is -2.32. The summed E-state index contributed by atoms with van der Waals surface area (Å²) in [5.41, 5.74) is 0. The molecule has 1 amide bonds. The van der Waals surface area contributed by atoms with Gasteiger partial charge in [-0.1, -0.05) is 0 Å². The fourth-order valence-corrected chi connectivity index (χ4v) is 4.46. The van der Waals surface area contributed by atoms with Gasteiger partial charge in [-0.3, -0.25) is 4.79 Å². The van der Waals surface area contributed by atoms with Crippen LogP contribution in [-0.2, 0) is 14.8 Å². The van der Waals surface area contributed by atoms with Crippen molar-refractivity contribution in [3.63, 3.8) is 0 Å². The largest absolute Gasteiger partial charge is 0.330 e. The van der Waals surface area contributed by atoms with Crippen LogP contribution >= 0.6 is 11.8 Å². The molecular formula is C11H20N2O3S2. The molecule has 104 valence electrons. The lowest BCUT2D eigenvalue weighted by molar-refractivity contribution is -0.136. The summed E-state index contributed by atoms with van der Waals surface area (Å²) in [5.74, 6) is 1.22. The Labute approximate surface area is 113 Å². The van der Waals surface area contributed by atoms with Crippen LogP contribution in [0.5, 0.6) is 0 Å². The maximum absolute atomic E-state index is 12.3. The summed E-state index contributed by atoms with van der Waals surface area (Å²) in [6, 6.07) is 0. The van der Waals surface area contributed by atoms with Gasteiger partial charge in [-0.05, 0) is 19.8 Å². The maximum atomic E-state index is 12.3. The highest BCUT2D eigenvalue weighted by Gasteiger charge is 2.34. The predicted molar refractivity (Wildman–Crippen MR) is 72.8 cm³/mol. The number of hydrogen-bond acceptors (Lipinski definition) is 4. The van der Waals surface area contributed by atoms with Crippen LogP contribution in [-0.4, -0.2) is 60.5 Å². The first-order valence-corrected chi connectivity index (χ1v) is 9.16. The molecule has 2 saturated heterocycles. The summed E-state index contributed by atoms with van der Waals surface area (Å²) in [6.07, 6.45) is 2.54. The van der Waals surface area contributed by atoms with Crippen LogP contribution in [0.1, 0.15) is 19.8 Å². The molecule has 0 radical (unpaired) electrons. The molecule has 1 atom stereocenters. The minimum Gasteiger partial charge on any atom is -0.330 e. The highest BCUT2D eigenvalue weighted by molar-refractivity contribution is 8.00. The van der Waals surface area contributed by atoms with Gasteiger partial charge >= 0.3 is 0 Å². The molecule has 0 aromatic rings. The smallest absolute Gasteiger partial charge is 0.226 e. The Morgan fingerprint density at radius 1 is 1.22 bits per heavy atom. The van der Waals surface area contributed by atoms with E-state index >= 15 is 0 Å². The van der Waals surface area contributed by atoms with E-state index in [-0.39, 0.29) is 17.2 Å². The van der Waals surface area contributed by atoms with E-state index in [0.717, 1.165) is 12.3 Å². The van der Waals surface area contributed by atoms with Gasteiger partial charge in [0.15, 0.2) is 0 Å². The van der Waals surface area contributed by atoms with Crippen LogP contribution in [0, 0.1) is 5.92 Å². The fraction of sp³-hybridized carbons (Fsp3) is 0.909. The minimum atomic E-state index is -3.10. The summed E-state index contributed by atoms with van der Waals surface area (Å²) in [6.45, 7) is 3.84. The summed E-state index contributed by atoms with van der Waals surface area (Å²) < 4.78 is 24.3. The molecule has 0 aromatic heterocycles. The van der Waals surface area contributed by atoms with E-state index in [0.29, 0.717) is 25.9 Å². The highest BCUT2D eigenvalue weighted by atomic mass is 32.2. The monoisotopic (exact) mass is 292 g/mol. The predicted octanol–water partition coefficient (Wildman–Crippen LogP) is 0.579. The molecule has 1 unspecified atom stereocenters. The van der Waals surface area contributed by atoms with E-state index in [9.17, 15) is 13.2 Å². The SMILES string of the molecule is CC1SCCN1C(=O)C1CCN(S(C)(=O)=O)CC1. The highest BCUT2D eigenvalue weighted by Crippen LogP contribution is 2.28. The van der Waals surface area contributed by atoms with E-state index in [1.54, 1.807) is 11.8 Å². The van der Waals surface area contributed by atoms with Gasteiger partial charge in [0, 0.05) is 31.3 Å². The first-order chi connectivity index (χ1) is 8.39. The van der Waals surface area contributed by atoms with Gasteiger partial charge in [-0.2, -0.15) is 0 Å². The van der Waals surface area contributed by atoms with E-state index in [2.05, 4.69) is 6.92 Å². The van der Waals surface area contributed by atoms with Crippen molar-refractivity contribution >= 4 is 27.7 Å². The molecule has 0 aromatic carbocycles. The lowest BCUT2D eigenvalue weighted by Crippen LogP contribution is -2.44. The zero-order valence-corrected chi connectivity index (χ0v) is 12.5. The summed E-state index contributed by atoms with van der Waals surface area (Å²) in [7, 11) is -3.10. The van der Waals surface area contributed by atoms with Crippen LogP contribution in [0.25, 0.3) is 0 Å². The molecule has 0 N–H and O–H groups in total. The van der Waals surface area contributed by atoms with Crippen molar-refractivity contribution in [2.24, 2.45) is 5.92 Å². The topological polar surface area (TPSA) is 57.7 Å². The fourth-order valence-electron chi connectivity index (χ4n) is 2.55. The Morgan fingerprint density at radius 3 is 2.28 bits per heavy atom. The molecule has 7 heteroatoms. The maximum Gasteiger partial charge on any atom is 0.226 e. The zero-order valence-electron chi connectivity index (χ0n) is 10.8. The molecule has 2 fully saturated rings. The molecule has 2 aliphatic rings.